The Labute approximate surface area is 178 Å². The second kappa shape index (κ2) is 7.47. The first-order valence-electron chi connectivity index (χ1n) is 9.98. The number of halogens is 2. The third-order valence-electron chi connectivity index (χ3n) is 5.50. The molecule has 4 nitrogen and oxygen atoms in total. The molecule has 6 heteroatoms. The van der Waals surface area contributed by atoms with Crippen molar-refractivity contribution in [2.24, 2.45) is 0 Å². The average Bonchev–Trinajstić information content (AvgIpc) is 3.15. The molecule has 0 unspecified atom stereocenters. The van der Waals surface area contributed by atoms with E-state index in [2.05, 4.69) is 20.5 Å². The number of nitrogens with zero attached hydrogens (tertiary/aromatic N) is 4. The molecule has 3 aromatic carbocycles. The number of imidazole rings is 1. The minimum absolute atomic E-state index is 0.0390. The molecule has 0 aliphatic carbocycles. The third kappa shape index (κ3) is 3.20. The molecule has 0 saturated heterocycles. The van der Waals surface area contributed by atoms with E-state index in [1.54, 1.807) is 6.07 Å². The molecular weight excluding hydrogens is 394 g/mol. The molecule has 0 bridgehead atoms. The van der Waals surface area contributed by atoms with Gasteiger partial charge in [-0.2, -0.15) is 0 Å². The van der Waals surface area contributed by atoms with Gasteiger partial charge in [0.05, 0.1) is 17.6 Å². The summed E-state index contributed by atoms with van der Waals surface area (Å²) < 4.78 is 30.2. The van der Waals surface area contributed by atoms with Crippen LogP contribution in [0.15, 0.2) is 72.9 Å². The molecule has 0 aliphatic rings. The summed E-state index contributed by atoms with van der Waals surface area (Å²) in [7, 11) is 4.00. The number of pyridine rings is 1. The lowest BCUT2D eigenvalue weighted by Crippen LogP contribution is -2.11. The van der Waals surface area contributed by atoms with Crippen LogP contribution in [0.4, 0.5) is 14.5 Å². The van der Waals surface area contributed by atoms with Crippen LogP contribution in [0.3, 0.4) is 0 Å². The Morgan fingerprint density at radius 2 is 1.68 bits per heavy atom. The first-order valence-corrected chi connectivity index (χ1v) is 9.98. The molecule has 0 N–H and O–H groups in total. The molecule has 0 amide bonds. The van der Waals surface area contributed by atoms with Crippen LogP contribution in [-0.2, 0) is 6.54 Å². The van der Waals surface area contributed by atoms with E-state index < -0.39 is 11.6 Å². The summed E-state index contributed by atoms with van der Waals surface area (Å²) in [6.45, 7) is 0.446. The summed E-state index contributed by atoms with van der Waals surface area (Å²) in [5.41, 5.74) is 4.78. The Morgan fingerprint density at radius 3 is 2.52 bits per heavy atom. The number of para-hydroxylation sites is 3. The minimum atomic E-state index is -0.923. The third-order valence-corrected chi connectivity index (χ3v) is 5.50. The van der Waals surface area contributed by atoms with Crippen molar-refractivity contribution in [1.82, 2.24) is 14.5 Å². The lowest BCUT2D eigenvalue weighted by Gasteiger charge is -2.18. The van der Waals surface area contributed by atoms with Crippen LogP contribution in [0.5, 0.6) is 0 Å². The zero-order valence-electron chi connectivity index (χ0n) is 17.2. The van der Waals surface area contributed by atoms with Crippen LogP contribution in [-0.4, -0.2) is 28.6 Å². The van der Waals surface area contributed by atoms with Gasteiger partial charge in [0.15, 0.2) is 11.6 Å². The van der Waals surface area contributed by atoms with Crippen molar-refractivity contribution in [3.8, 4) is 11.4 Å². The van der Waals surface area contributed by atoms with E-state index in [0.29, 0.717) is 11.9 Å². The van der Waals surface area contributed by atoms with Gasteiger partial charge in [0.2, 0.25) is 0 Å². The molecule has 0 spiro atoms. The fourth-order valence-corrected chi connectivity index (χ4v) is 4.02. The van der Waals surface area contributed by atoms with E-state index in [0.717, 1.165) is 39.7 Å². The van der Waals surface area contributed by atoms with Crippen LogP contribution in [0.1, 0.15) is 5.56 Å². The van der Waals surface area contributed by atoms with E-state index in [4.69, 9.17) is 4.98 Å². The summed E-state index contributed by atoms with van der Waals surface area (Å²) in [5, 5.41) is 0.589. The quantitative estimate of drug-likeness (QED) is 0.381. The Balaban J connectivity index is 1.75. The molecule has 2 heterocycles. The van der Waals surface area contributed by atoms with Crippen LogP contribution in [0, 0.1) is 11.6 Å². The molecular formula is C25H20F2N4. The molecule has 154 valence electrons. The van der Waals surface area contributed by atoms with Crippen molar-refractivity contribution in [1.29, 1.82) is 0 Å². The first kappa shape index (κ1) is 19.2. The Bertz CT molecular complexity index is 1420. The maximum Gasteiger partial charge on any atom is 0.184 e. The highest BCUT2D eigenvalue weighted by Gasteiger charge is 2.18. The van der Waals surface area contributed by atoms with E-state index in [9.17, 15) is 8.78 Å². The summed E-state index contributed by atoms with van der Waals surface area (Å²) in [4.78, 5) is 11.0. The lowest BCUT2D eigenvalue weighted by molar-refractivity contribution is 0.515. The van der Waals surface area contributed by atoms with E-state index in [1.165, 1.54) is 6.20 Å². The molecule has 5 rings (SSSR count). The van der Waals surface area contributed by atoms with Crippen LogP contribution >= 0.6 is 0 Å². The molecule has 0 aliphatic heterocycles. The van der Waals surface area contributed by atoms with Crippen molar-refractivity contribution in [3.05, 3.63) is 90.1 Å². The largest absolute Gasteiger partial charge is 0.377 e. The zero-order valence-corrected chi connectivity index (χ0v) is 17.2. The van der Waals surface area contributed by atoms with Gasteiger partial charge in [0, 0.05) is 36.9 Å². The zero-order chi connectivity index (χ0) is 21.5. The fraction of sp³-hybridized carbons (Fsp3) is 0.120. The highest BCUT2D eigenvalue weighted by molar-refractivity contribution is 5.86. The summed E-state index contributed by atoms with van der Waals surface area (Å²) >= 11 is 0. The average molecular weight is 414 g/mol. The number of fused-ring (bicyclic) bond motifs is 2. The van der Waals surface area contributed by atoms with Crippen LogP contribution < -0.4 is 4.90 Å². The van der Waals surface area contributed by atoms with Crippen molar-refractivity contribution < 1.29 is 8.78 Å². The Kier molecular flexibility index (Phi) is 4.62. The highest BCUT2D eigenvalue weighted by atomic mass is 19.2. The standard InChI is InChI=1S/C25H20F2N4/c1-30(2)21-9-5-3-7-18(21)25-29-20-8-4-6-10-22(20)31(25)15-16-13-14-28-24-17(16)11-12-19(26)23(24)27/h3-14H,15H2,1-2H3. The van der Waals surface area contributed by atoms with Crippen LogP contribution in [0.25, 0.3) is 33.3 Å². The first-order chi connectivity index (χ1) is 15.0. The van der Waals surface area contributed by atoms with Crippen molar-refractivity contribution in [3.63, 3.8) is 0 Å². The smallest absolute Gasteiger partial charge is 0.184 e. The van der Waals surface area contributed by atoms with Gasteiger partial charge in [-0.3, -0.25) is 4.98 Å². The lowest BCUT2D eigenvalue weighted by atomic mass is 10.1. The number of rotatable bonds is 4. The second-order valence-corrected chi connectivity index (χ2v) is 7.65. The van der Waals surface area contributed by atoms with Crippen LogP contribution in [0.2, 0.25) is 0 Å². The molecule has 0 saturated carbocycles. The van der Waals surface area contributed by atoms with Gasteiger partial charge in [-0.1, -0.05) is 24.3 Å². The number of anilines is 1. The van der Waals surface area contributed by atoms with Gasteiger partial charge in [0.1, 0.15) is 11.3 Å². The maximum atomic E-state index is 14.3. The minimum Gasteiger partial charge on any atom is -0.377 e. The maximum absolute atomic E-state index is 14.3. The molecule has 0 fully saturated rings. The van der Waals surface area contributed by atoms with Gasteiger partial charge in [-0.15, -0.1) is 0 Å². The molecule has 31 heavy (non-hydrogen) atoms. The monoisotopic (exact) mass is 414 g/mol. The predicted molar refractivity (Wildman–Crippen MR) is 120 cm³/mol. The van der Waals surface area contributed by atoms with Crippen molar-refractivity contribution in [2.75, 3.05) is 19.0 Å². The molecule has 0 radical (unpaired) electrons. The van der Waals surface area contributed by atoms with Gasteiger partial charge in [0.25, 0.3) is 0 Å². The Morgan fingerprint density at radius 1 is 0.903 bits per heavy atom. The predicted octanol–water partition coefficient (Wildman–Crippen LogP) is 5.64. The van der Waals surface area contributed by atoms with E-state index in [1.807, 2.05) is 62.6 Å². The van der Waals surface area contributed by atoms with Gasteiger partial charge in [-0.25, -0.2) is 13.8 Å². The van der Waals surface area contributed by atoms with E-state index in [-0.39, 0.29) is 5.52 Å². The van der Waals surface area contributed by atoms with Gasteiger partial charge >= 0.3 is 0 Å². The second-order valence-electron chi connectivity index (χ2n) is 7.65. The molecule has 2 aromatic heterocycles. The SMILES string of the molecule is CN(C)c1ccccc1-c1nc2ccccc2n1Cc1ccnc2c(F)c(F)ccc12. The highest BCUT2D eigenvalue weighted by Crippen LogP contribution is 2.33. The normalized spacial score (nSPS) is 11.4. The van der Waals surface area contributed by atoms with Gasteiger partial charge < -0.3 is 9.47 Å². The van der Waals surface area contributed by atoms with Gasteiger partial charge in [-0.05, 0) is 48.0 Å². The number of hydrogen-bond donors (Lipinski definition) is 0. The summed E-state index contributed by atoms with van der Waals surface area (Å²) in [6, 6.07) is 20.6. The number of aromatic nitrogens is 3. The van der Waals surface area contributed by atoms with Crippen molar-refractivity contribution >= 4 is 27.6 Å². The number of hydrogen-bond acceptors (Lipinski definition) is 3. The molecule has 0 atom stereocenters. The molecule has 5 aromatic rings. The summed E-state index contributed by atoms with van der Waals surface area (Å²) in [6.07, 6.45) is 1.52. The Hall–Kier alpha value is -3.80. The topological polar surface area (TPSA) is 34.0 Å². The van der Waals surface area contributed by atoms with Crippen molar-refractivity contribution in [2.45, 2.75) is 6.54 Å². The fourth-order valence-electron chi connectivity index (χ4n) is 4.02. The number of benzene rings is 3. The van der Waals surface area contributed by atoms with E-state index >= 15 is 0 Å². The summed E-state index contributed by atoms with van der Waals surface area (Å²) in [5.74, 6) is -1.00.